The van der Waals surface area contributed by atoms with Gasteiger partial charge in [0.25, 0.3) is 0 Å². The number of Topliss-reactive ketones (excluding diaryl/α,β-unsaturated/α-hetero) is 2. The van der Waals surface area contributed by atoms with Crippen molar-refractivity contribution in [1.29, 1.82) is 0 Å². The number of phenols is 1. The number of aliphatic hydroxyl groups excluding tert-OH is 2. The van der Waals surface area contributed by atoms with E-state index in [-0.39, 0.29) is 36.9 Å². The molecule has 2 heterocycles. The molecule has 0 spiro atoms. The maximum absolute atomic E-state index is 13.2. The minimum atomic E-state index is -0.849. The van der Waals surface area contributed by atoms with E-state index in [4.69, 9.17) is 10.2 Å². The van der Waals surface area contributed by atoms with Gasteiger partial charge in [0.05, 0.1) is 25.1 Å². The van der Waals surface area contributed by atoms with Crippen LogP contribution in [-0.4, -0.2) is 64.0 Å². The van der Waals surface area contributed by atoms with Crippen LogP contribution >= 0.6 is 0 Å². The lowest BCUT2D eigenvalue weighted by molar-refractivity contribution is -0.131. The summed E-state index contributed by atoms with van der Waals surface area (Å²) in [5, 5.41) is 30.0. The molecule has 1 saturated heterocycles. The Kier molecular flexibility index (Phi) is 8.79. The average Bonchev–Trinajstić information content (AvgIpc) is 3.52. The number of aromatic hydroxyl groups is 1. The van der Waals surface area contributed by atoms with Crippen LogP contribution in [0.2, 0.25) is 0 Å². The van der Waals surface area contributed by atoms with Gasteiger partial charge in [-0.25, -0.2) is 0 Å². The predicted molar refractivity (Wildman–Crippen MR) is 136 cm³/mol. The molecule has 0 radical (unpaired) electrons. The van der Waals surface area contributed by atoms with Crippen LogP contribution in [-0.2, 0) is 22.6 Å². The largest absolute Gasteiger partial charge is 0.507 e. The van der Waals surface area contributed by atoms with Gasteiger partial charge in [-0.2, -0.15) is 0 Å². The fourth-order valence-corrected chi connectivity index (χ4v) is 5.94. The third-order valence-corrected chi connectivity index (χ3v) is 7.71. The first-order valence-corrected chi connectivity index (χ1v) is 13.0. The van der Waals surface area contributed by atoms with Crippen LogP contribution in [0.25, 0.3) is 11.3 Å². The van der Waals surface area contributed by atoms with Gasteiger partial charge in [0.1, 0.15) is 23.1 Å². The molecule has 1 aliphatic carbocycles. The van der Waals surface area contributed by atoms with Crippen molar-refractivity contribution in [3.05, 3.63) is 41.2 Å². The minimum absolute atomic E-state index is 0.0668. The molecule has 2 aromatic rings. The third kappa shape index (κ3) is 6.29. The maximum Gasteiger partial charge on any atom is 0.224 e. The van der Waals surface area contributed by atoms with E-state index >= 15 is 0 Å². The number of hydrogen-bond donors (Lipinski definition) is 4. The molecule has 4 rings (SSSR count). The van der Waals surface area contributed by atoms with Gasteiger partial charge in [0.15, 0.2) is 5.78 Å². The number of rotatable bonds is 12. The molecule has 0 bridgehead atoms. The SMILES string of the molecule is NC(=O)CC(=O)C(CO)C(CCO)CC1CC(=O)c2c(O)ccc(-c3ccc(CN4CCCC4)o3)c2C1. The number of benzene rings is 1. The van der Waals surface area contributed by atoms with Gasteiger partial charge in [-0.1, -0.05) is 0 Å². The number of nitrogens with two attached hydrogens (primary N) is 1. The summed E-state index contributed by atoms with van der Waals surface area (Å²) in [4.78, 5) is 39.3. The molecule has 3 unspecified atom stereocenters. The number of likely N-dealkylation sites (tertiary alicyclic amines) is 1. The zero-order chi connectivity index (χ0) is 26.5. The average molecular weight is 513 g/mol. The second kappa shape index (κ2) is 12.0. The van der Waals surface area contributed by atoms with E-state index in [1.807, 2.05) is 12.1 Å². The van der Waals surface area contributed by atoms with Crippen molar-refractivity contribution < 1.29 is 34.1 Å². The molecule has 5 N–H and O–H groups in total. The van der Waals surface area contributed by atoms with E-state index in [9.17, 15) is 29.7 Å². The number of hydrogen-bond acceptors (Lipinski definition) is 8. The molecule has 200 valence electrons. The van der Waals surface area contributed by atoms with Gasteiger partial charge in [-0.05, 0) is 86.9 Å². The Morgan fingerprint density at radius 2 is 1.86 bits per heavy atom. The number of fused-ring (bicyclic) bond motifs is 1. The minimum Gasteiger partial charge on any atom is -0.507 e. The molecule has 1 amide bonds. The molecule has 9 heteroatoms. The molecule has 37 heavy (non-hydrogen) atoms. The van der Waals surface area contributed by atoms with E-state index in [1.54, 1.807) is 6.07 Å². The second-order valence-corrected chi connectivity index (χ2v) is 10.3. The van der Waals surface area contributed by atoms with Crippen LogP contribution in [0.3, 0.4) is 0 Å². The monoisotopic (exact) mass is 512 g/mol. The van der Waals surface area contributed by atoms with Crippen LogP contribution in [0, 0.1) is 17.8 Å². The standard InChI is InChI=1S/C28H36N2O7/c29-27(36)14-24(34)22(16-32)18(7-10-31)11-17-12-21-20(4-5-23(33)28(21)25(35)13-17)26-6-3-19(37-26)15-30-8-1-2-9-30/h3-6,17-18,22,31-33H,1-2,7-16H2,(H2,29,36). The van der Waals surface area contributed by atoms with Crippen LogP contribution in [0.4, 0.5) is 0 Å². The molecule has 0 saturated carbocycles. The van der Waals surface area contributed by atoms with Crippen molar-refractivity contribution in [2.24, 2.45) is 23.5 Å². The second-order valence-electron chi connectivity index (χ2n) is 10.3. The van der Waals surface area contributed by atoms with E-state index in [0.29, 0.717) is 29.7 Å². The molecule has 1 fully saturated rings. The van der Waals surface area contributed by atoms with Crippen LogP contribution in [0.1, 0.15) is 60.2 Å². The lowest BCUT2D eigenvalue weighted by Gasteiger charge is -2.31. The quantitative estimate of drug-likeness (QED) is 0.316. The lowest BCUT2D eigenvalue weighted by atomic mass is 9.73. The summed E-state index contributed by atoms with van der Waals surface area (Å²) in [5.41, 5.74) is 6.93. The van der Waals surface area contributed by atoms with Crippen molar-refractivity contribution in [3.8, 4) is 17.1 Å². The molecular weight excluding hydrogens is 476 g/mol. The molecule has 1 aromatic heterocycles. The van der Waals surface area contributed by atoms with Crippen molar-refractivity contribution >= 4 is 17.5 Å². The summed E-state index contributed by atoms with van der Waals surface area (Å²) >= 11 is 0. The highest BCUT2D eigenvalue weighted by atomic mass is 16.3. The summed E-state index contributed by atoms with van der Waals surface area (Å²) < 4.78 is 6.16. The van der Waals surface area contributed by atoms with Crippen LogP contribution < -0.4 is 5.73 Å². The molecule has 1 aliphatic heterocycles. The first kappa shape index (κ1) is 27.0. The number of phenolic OH excluding ortho intramolecular Hbond substituents is 1. The Labute approximate surface area is 216 Å². The molecule has 3 atom stereocenters. The summed E-state index contributed by atoms with van der Waals surface area (Å²) in [6.45, 7) is 2.17. The molecule has 9 nitrogen and oxygen atoms in total. The molecule has 2 aliphatic rings. The maximum atomic E-state index is 13.2. The van der Waals surface area contributed by atoms with Crippen molar-refractivity contribution in [2.45, 2.75) is 51.5 Å². The third-order valence-electron chi connectivity index (χ3n) is 7.71. The first-order chi connectivity index (χ1) is 17.8. The van der Waals surface area contributed by atoms with Gasteiger partial charge in [-0.3, -0.25) is 19.3 Å². The van der Waals surface area contributed by atoms with E-state index in [0.717, 1.165) is 31.0 Å². The lowest BCUT2D eigenvalue weighted by Crippen LogP contribution is -2.33. The molecule has 1 aromatic carbocycles. The summed E-state index contributed by atoms with van der Waals surface area (Å²) in [5.74, 6) is -1.45. The number of furan rings is 1. The Hall–Kier alpha value is -3.01. The summed E-state index contributed by atoms with van der Waals surface area (Å²) in [7, 11) is 0. The number of ketones is 2. The van der Waals surface area contributed by atoms with Gasteiger partial charge in [0.2, 0.25) is 5.91 Å². The highest BCUT2D eigenvalue weighted by Gasteiger charge is 2.35. The van der Waals surface area contributed by atoms with E-state index in [1.165, 1.54) is 18.9 Å². The smallest absolute Gasteiger partial charge is 0.224 e. The number of carbonyl (C=O) groups is 3. The van der Waals surface area contributed by atoms with E-state index < -0.39 is 36.6 Å². The Morgan fingerprint density at radius 3 is 2.54 bits per heavy atom. The predicted octanol–water partition coefficient (Wildman–Crippen LogP) is 2.43. The summed E-state index contributed by atoms with van der Waals surface area (Å²) in [6.07, 6.45) is 3.18. The van der Waals surface area contributed by atoms with Gasteiger partial charge < -0.3 is 25.5 Å². The topological polar surface area (TPSA) is 154 Å². The Bertz CT molecular complexity index is 1140. The van der Waals surface area contributed by atoms with Crippen molar-refractivity contribution in [3.63, 3.8) is 0 Å². The van der Waals surface area contributed by atoms with Gasteiger partial charge in [0, 0.05) is 24.5 Å². The number of primary amides is 1. The fourth-order valence-electron chi connectivity index (χ4n) is 5.94. The van der Waals surface area contributed by atoms with Gasteiger partial charge in [-0.15, -0.1) is 0 Å². The number of nitrogens with zero attached hydrogens (tertiary/aromatic N) is 1. The highest BCUT2D eigenvalue weighted by molar-refractivity contribution is 6.03. The fraction of sp³-hybridized carbons (Fsp3) is 0.536. The zero-order valence-electron chi connectivity index (χ0n) is 21.0. The van der Waals surface area contributed by atoms with Crippen molar-refractivity contribution in [2.75, 3.05) is 26.3 Å². The Morgan fingerprint density at radius 1 is 1.11 bits per heavy atom. The highest BCUT2D eigenvalue weighted by Crippen LogP contribution is 2.41. The van der Waals surface area contributed by atoms with Gasteiger partial charge >= 0.3 is 0 Å². The van der Waals surface area contributed by atoms with Crippen LogP contribution in [0.15, 0.2) is 28.7 Å². The zero-order valence-corrected chi connectivity index (χ0v) is 21.0. The first-order valence-electron chi connectivity index (χ1n) is 13.0. The molecular formula is C28H36N2O7. The van der Waals surface area contributed by atoms with Crippen LogP contribution in [0.5, 0.6) is 5.75 Å². The van der Waals surface area contributed by atoms with E-state index in [2.05, 4.69) is 4.90 Å². The number of carbonyl (C=O) groups excluding carboxylic acids is 3. The van der Waals surface area contributed by atoms with Crippen molar-refractivity contribution in [1.82, 2.24) is 4.90 Å². The summed E-state index contributed by atoms with van der Waals surface area (Å²) in [6, 6.07) is 7.13. The number of amides is 1. The number of aliphatic hydroxyl groups is 2. The Balaban J connectivity index is 1.58. The normalized spacial score (nSPS) is 19.5.